The summed E-state index contributed by atoms with van der Waals surface area (Å²) in [6, 6.07) is 0. The minimum Gasteiger partial charge on any atom is -0.356 e. The minimum atomic E-state index is 0.857. The van der Waals surface area contributed by atoms with E-state index in [2.05, 4.69) is 53.7 Å². The molecule has 3 heterocycles. The molecule has 9 heteroatoms. The normalized spacial score (nSPS) is 15.6. The van der Waals surface area contributed by atoms with E-state index in [0.29, 0.717) is 0 Å². The van der Waals surface area contributed by atoms with Gasteiger partial charge in [0.05, 0.1) is 10.7 Å². The van der Waals surface area contributed by atoms with Crippen molar-refractivity contribution in [3.05, 3.63) is 21.9 Å². The first-order valence-corrected chi connectivity index (χ1v) is 10.8. The molecule has 1 fully saturated rings. The lowest BCUT2D eigenvalue weighted by atomic mass is 10.3. The summed E-state index contributed by atoms with van der Waals surface area (Å²) in [5, 5.41) is 7.89. The predicted octanol–water partition coefficient (Wildman–Crippen LogP) is 2.06. The standard InChI is InChI=1S/C17H27N7S2/c1-4-14-21-17(26-22-14)24-10-8-23(9-11-24)16(18-3)19-7-6-13-12-25-15(5-2)20-13/h12H,4-11H2,1-3H3,(H,18,19). The van der Waals surface area contributed by atoms with E-state index in [4.69, 9.17) is 0 Å². The molecule has 0 aliphatic carbocycles. The van der Waals surface area contributed by atoms with E-state index < -0.39 is 0 Å². The first-order chi connectivity index (χ1) is 12.7. The lowest BCUT2D eigenvalue weighted by molar-refractivity contribution is 0.372. The molecule has 26 heavy (non-hydrogen) atoms. The van der Waals surface area contributed by atoms with Gasteiger partial charge < -0.3 is 15.1 Å². The maximum Gasteiger partial charge on any atom is 0.205 e. The highest BCUT2D eigenvalue weighted by atomic mass is 32.1. The van der Waals surface area contributed by atoms with E-state index in [1.807, 2.05) is 7.05 Å². The summed E-state index contributed by atoms with van der Waals surface area (Å²) in [5.41, 5.74) is 1.17. The molecule has 0 atom stereocenters. The van der Waals surface area contributed by atoms with Crippen molar-refractivity contribution in [1.82, 2.24) is 24.6 Å². The SMILES string of the molecule is CCc1nsc(N2CCN(C(=NC)NCCc3csc(CC)n3)CC2)n1. The molecular formula is C17H27N7S2. The molecule has 7 nitrogen and oxygen atoms in total. The van der Waals surface area contributed by atoms with Crippen LogP contribution in [0.3, 0.4) is 0 Å². The summed E-state index contributed by atoms with van der Waals surface area (Å²) in [6.45, 7) is 8.88. The molecule has 0 aromatic carbocycles. The lowest BCUT2D eigenvalue weighted by Gasteiger charge is -2.36. The van der Waals surface area contributed by atoms with E-state index in [9.17, 15) is 0 Å². The highest BCUT2D eigenvalue weighted by Gasteiger charge is 2.21. The first-order valence-electron chi connectivity index (χ1n) is 9.19. The van der Waals surface area contributed by atoms with Gasteiger partial charge in [0.2, 0.25) is 5.13 Å². The van der Waals surface area contributed by atoms with Gasteiger partial charge in [-0.05, 0) is 6.42 Å². The van der Waals surface area contributed by atoms with Crippen LogP contribution in [-0.4, -0.2) is 65.0 Å². The number of aromatic nitrogens is 3. The largest absolute Gasteiger partial charge is 0.356 e. The zero-order valence-electron chi connectivity index (χ0n) is 15.7. The molecule has 142 valence electrons. The molecule has 0 spiro atoms. The molecular weight excluding hydrogens is 366 g/mol. The van der Waals surface area contributed by atoms with Crippen LogP contribution in [0.15, 0.2) is 10.4 Å². The van der Waals surface area contributed by atoms with Crippen molar-refractivity contribution in [2.45, 2.75) is 33.1 Å². The van der Waals surface area contributed by atoms with Crippen molar-refractivity contribution in [3.63, 3.8) is 0 Å². The average Bonchev–Trinajstić information content (AvgIpc) is 3.35. The summed E-state index contributed by atoms with van der Waals surface area (Å²) >= 11 is 3.25. The summed E-state index contributed by atoms with van der Waals surface area (Å²) in [4.78, 5) is 18.3. The number of hydrogen-bond acceptors (Lipinski definition) is 7. The Morgan fingerprint density at radius 2 is 2.00 bits per heavy atom. The Kier molecular flexibility index (Phi) is 6.79. The lowest BCUT2D eigenvalue weighted by Crippen LogP contribution is -2.52. The van der Waals surface area contributed by atoms with Gasteiger partial charge in [-0.2, -0.15) is 4.37 Å². The van der Waals surface area contributed by atoms with E-state index in [1.165, 1.54) is 22.2 Å². The van der Waals surface area contributed by atoms with Gasteiger partial charge in [0.25, 0.3) is 0 Å². The second-order valence-electron chi connectivity index (χ2n) is 6.13. The third kappa shape index (κ3) is 4.70. The minimum absolute atomic E-state index is 0.857. The van der Waals surface area contributed by atoms with E-state index in [1.54, 1.807) is 11.3 Å². The fraction of sp³-hybridized carbons (Fsp3) is 0.647. The van der Waals surface area contributed by atoms with Crippen molar-refractivity contribution in [2.24, 2.45) is 4.99 Å². The van der Waals surface area contributed by atoms with Crippen LogP contribution < -0.4 is 10.2 Å². The van der Waals surface area contributed by atoms with Crippen molar-refractivity contribution in [3.8, 4) is 0 Å². The Morgan fingerprint density at radius 3 is 2.62 bits per heavy atom. The average molecular weight is 394 g/mol. The van der Waals surface area contributed by atoms with Crippen LogP contribution >= 0.6 is 22.9 Å². The van der Waals surface area contributed by atoms with Crippen molar-refractivity contribution in [2.75, 3.05) is 44.7 Å². The number of guanidine groups is 1. The number of anilines is 1. The van der Waals surface area contributed by atoms with Crippen LogP contribution in [-0.2, 0) is 19.3 Å². The van der Waals surface area contributed by atoms with Crippen LogP contribution in [0.2, 0.25) is 0 Å². The number of piperazine rings is 1. The predicted molar refractivity (Wildman–Crippen MR) is 110 cm³/mol. The molecule has 2 aromatic heterocycles. The molecule has 1 saturated heterocycles. The molecule has 0 radical (unpaired) electrons. The third-order valence-electron chi connectivity index (χ3n) is 4.40. The Balaban J connectivity index is 1.45. The first kappa shape index (κ1) is 19.0. The van der Waals surface area contributed by atoms with Gasteiger partial charge in [0.1, 0.15) is 5.82 Å². The zero-order chi connectivity index (χ0) is 18.4. The van der Waals surface area contributed by atoms with E-state index in [-0.39, 0.29) is 0 Å². The highest BCUT2D eigenvalue weighted by molar-refractivity contribution is 7.09. The second kappa shape index (κ2) is 9.27. The highest BCUT2D eigenvalue weighted by Crippen LogP contribution is 2.19. The quantitative estimate of drug-likeness (QED) is 0.598. The number of aliphatic imine (C=N–C) groups is 1. The Morgan fingerprint density at radius 1 is 1.19 bits per heavy atom. The number of nitrogens with zero attached hydrogens (tertiary/aromatic N) is 6. The second-order valence-corrected chi connectivity index (χ2v) is 7.80. The van der Waals surface area contributed by atoms with Crippen LogP contribution in [0.25, 0.3) is 0 Å². The number of aryl methyl sites for hydroxylation is 2. The van der Waals surface area contributed by atoms with Gasteiger partial charge in [-0.1, -0.05) is 13.8 Å². The van der Waals surface area contributed by atoms with Gasteiger partial charge in [-0.3, -0.25) is 4.99 Å². The topological polar surface area (TPSA) is 69.5 Å². The molecule has 0 amide bonds. The van der Waals surface area contributed by atoms with Gasteiger partial charge in [0.15, 0.2) is 5.96 Å². The molecule has 1 N–H and O–H groups in total. The molecule has 3 rings (SSSR count). The summed E-state index contributed by atoms with van der Waals surface area (Å²) in [5.74, 6) is 1.92. The van der Waals surface area contributed by atoms with Crippen molar-refractivity contribution < 1.29 is 0 Å². The Labute approximate surface area is 163 Å². The summed E-state index contributed by atoms with van der Waals surface area (Å²) in [6.07, 6.45) is 2.84. The fourth-order valence-corrected chi connectivity index (χ4v) is 4.47. The third-order valence-corrected chi connectivity index (χ3v) is 6.26. The number of nitrogens with one attached hydrogen (secondary N) is 1. The van der Waals surface area contributed by atoms with Gasteiger partial charge in [0, 0.05) is 69.5 Å². The van der Waals surface area contributed by atoms with Crippen LogP contribution in [0, 0.1) is 0 Å². The van der Waals surface area contributed by atoms with Gasteiger partial charge in [-0.15, -0.1) is 11.3 Å². The number of hydrogen-bond donors (Lipinski definition) is 1. The molecule has 1 aliphatic rings. The molecule has 2 aromatic rings. The van der Waals surface area contributed by atoms with E-state index >= 15 is 0 Å². The van der Waals surface area contributed by atoms with Crippen LogP contribution in [0.4, 0.5) is 5.13 Å². The van der Waals surface area contributed by atoms with Gasteiger partial charge >= 0.3 is 0 Å². The van der Waals surface area contributed by atoms with Crippen LogP contribution in [0.5, 0.6) is 0 Å². The monoisotopic (exact) mass is 393 g/mol. The summed E-state index contributed by atoms with van der Waals surface area (Å²) < 4.78 is 4.39. The Hall–Kier alpha value is -1.74. The van der Waals surface area contributed by atoms with Crippen molar-refractivity contribution in [1.29, 1.82) is 0 Å². The molecule has 0 unspecified atom stereocenters. The number of rotatable bonds is 6. The fourth-order valence-electron chi connectivity index (χ4n) is 2.89. The smallest absolute Gasteiger partial charge is 0.205 e. The molecule has 1 aliphatic heterocycles. The van der Waals surface area contributed by atoms with Crippen molar-refractivity contribution >= 4 is 34.0 Å². The van der Waals surface area contributed by atoms with Crippen LogP contribution in [0.1, 0.15) is 30.4 Å². The summed E-state index contributed by atoms with van der Waals surface area (Å²) in [7, 11) is 1.85. The molecule has 0 bridgehead atoms. The van der Waals surface area contributed by atoms with Gasteiger partial charge in [-0.25, -0.2) is 9.97 Å². The van der Waals surface area contributed by atoms with E-state index in [0.717, 1.165) is 68.9 Å². The number of thiazole rings is 1. The maximum absolute atomic E-state index is 4.62. The maximum atomic E-state index is 4.62. The Bertz CT molecular complexity index is 716. The molecule has 0 saturated carbocycles. The zero-order valence-corrected chi connectivity index (χ0v) is 17.4.